The van der Waals surface area contributed by atoms with Crippen LogP contribution in [-0.2, 0) is 24.0 Å². The molecule has 0 amide bonds. The lowest BCUT2D eigenvalue weighted by atomic mass is 9.58. The van der Waals surface area contributed by atoms with Gasteiger partial charge in [0.15, 0.2) is 29.7 Å². The van der Waals surface area contributed by atoms with Gasteiger partial charge in [0.05, 0.1) is 13.2 Å². The van der Waals surface area contributed by atoms with Crippen LogP contribution < -0.4 is 4.74 Å². The van der Waals surface area contributed by atoms with Gasteiger partial charge >= 0.3 is 0 Å². The van der Waals surface area contributed by atoms with Gasteiger partial charge in [-0.1, -0.05) is 19.9 Å². The molecular formula is C24H34O8. The maximum atomic E-state index is 9.84. The summed E-state index contributed by atoms with van der Waals surface area (Å²) in [4.78, 5) is 12.0. The predicted octanol–water partition coefficient (Wildman–Crippen LogP) is 4.09. The van der Waals surface area contributed by atoms with Crippen molar-refractivity contribution in [2.24, 2.45) is 23.7 Å². The topological polar surface area (TPSA) is 95.8 Å². The van der Waals surface area contributed by atoms with Crippen LogP contribution in [0.4, 0.5) is 0 Å². The molecule has 0 aromatic heterocycles. The number of ether oxygens (including phenoxy) is 4. The second-order valence-corrected chi connectivity index (χ2v) is 9.97. The van der Waals surface area contributed by atoms with Gasteiger partial charge in [-0.2, -0.15) is 0 Å². The lowest BCUT2D eigenvalue weighted by molar-refractivity contribution is -0.577. The molecule has 1 saturated carbocycles. The molecule has 178 valence electrons. The summed E-state index contributed by atoms with van der Waals surface area (Å²) in [5.74, 6) is 0.241. The molecule has 5 aliphatic rings. The molecule has 4 saturated heterocycles. The smallest absolute Gasteiger partial charge is 0.201 e. The van der Waals surface area contributed by atoms with Crippen LogP contribution >= 0.6 is 0 Å². The average Bonchev–Trinajstić information content (AvgIpc) is 3.00. The van der Waals surface area contributed by atoms with Crippen LogP contribution in [0.25, 0.3) is 0 Å². The van der Waals surface area contributed by atoms with E-state index in [9.17, 15) is 10.2 Å². The van der Waals surface area contributed by atoms with Gasteiger partial charge in [0.2, 0.25) is 11.5 Å². The summed E-state index contributed by atoms with van der Waals surface area (Å²) >= 11 is 0. The third-order valence-corrected chi connectivity index (χ3v) is 7.90. The van der Waals surface area contributed by atoms with E-state index in [1.807, 2.05) is 6.92 Å². The third-order valence-electron chi connectivity index (χ3n) is 7.90. The molecule has 4 heterocycles. The minimum atomic E-state index is -0.792. The first-order valence-electron chi connectivity index (χ1n) is 11.8. The van der Waals surface area contributed by atoms with Gasteiger partial charge in [-0.05, 0) is 50.2 Å². The lowest BCUT2D eigenvalue weighted by Gasteiger charge is -2.60. The molecule has 5 fully saturated rings. The Labute approximate surface area is 188 Å². The zero-order valence-electron chi connectivity index (χ0n) is 19.0. The average molecular weight is 451 g/mol. The van der Waals surface area contributed by atoms with Crippen LogP contribution in [0.15, 0.2) is 18.2 Å². The minimum Gasteiger partial charge on any atom is -0.504 e. The summed E-state index contributed by atoms with van der Waals surface area (Å²) in [5.41, 5.74) is -0.580. The molecule has 1 aromatic rings. The van der Waals surface area contributed by atoms with Crippen LogP contribution in [0.1, 0.15) is 52.9 Å². The largest absolute Gasteiger partial charge is 0.504 e. The van der Waals surface area contributed by atoms with Crippen LogP contribution in [0.2, 0.25) is 0 Å². The molecule has 6 rings (SSSR count). The van der Waals surface area contributed by atoms with Crippen molar-refractivity contribution in [3.05, 3.63) is 18.2 Å². The van der Waals surface area contributed by atoms with E-state index in [2.05, 4.69) is 13.8 Å². The van der Waals surface area contributed by atoms with Crippen molar-refractivity contribution < 1.29 is 38.9 Å². The van der Waals surface area contributed by atoms with Crippen LogP contribution in [0, 0.1) is 23.7 Å². The van der Waals surface area contributed by atoms with Gasteiger partial charge in [-0.15, -0.1) is 0 Å². The van der Waals surface area contributed by atoms with E-state index in [0.29, 0.717) is 31.5 Å². The first-order chi connectivity index (χ1) is 15.3. The van der Waals surface area contributed by atoms with Gasteiger partial charge in [0.1, 0.15) is 0 Å². The Morgan fingerprint density at radius 1 is 1.06 bits per heavy atom. The van der Waals surface area contributed by atoms with Gasteiger partial charge in [-0.3, -0.25) is 0 Å². The molecule has 1 spiro atoms. The summed E-state index contributed by atoms with van der Waals surface area (Å²) < 4.78 is 24.4. The number of para-hydroxylation sites is 1. The molecule has 0 radical (unpaired) electrons. The summed E-state index contributed by atoms with van der Waals surface area (Å²) in [6, 6.07) is 4.65. The molecule has 8 atom stereocenters. The fourth-order valence-corrected chi connectivity index (χ4v) is 6.13. The van der Waals surface area contributed by atoms with E-state index in [-0.39, 0.29) is 29.1 Å². The molecule has 2 N–H and O–H groups in total. The Hall–Kier alpha value is -1.58. The van der Waals surface area contributed by atoms with Crippen molar-refractivity contribution in [2.45, 2.75) is 76.8 Å². The van der Waals surface area contributed by atoms with Crippen molar-refractivity contribution in [1.29, 1.82) is 0 Å². The van der Waals surface area contributed by atoms with E-state index >= 15 is 0 Å². The fraction of sp³-hybridized carbons (Fsp3) is 0.750. The number of rotatable bonds is 6. The molecule has 0 unspecified atom stereocenters. The normalized spacial score (nSPS) is 42.8. The highest BCUT2D eigenvalue weighted by molar-refractivity contribution is 5.48. The maximum Gasteiger partial charge on any atom is 0.201 e. The quantitative estimate of drug-likeness (QED) is 0.380. The highest BCUT2D eigenvalue weighted by atomic mass is 17.3. The van der Waals surface area contributed by atoms with E-state index in [1.165, 1.54) is 6.07 Å². The minimum absolute atomic E-state index is 0.131. The number of phenols is 2. The number of benzene rings is 1. The summed E-state index contributed by atoms with van der Waals surface area (Å²) in [6.07, 6.45) is 3.68. The van der Waals surface area contributed by atoms with E-state index < -0.39 is 24.0 Å². The van der Waals surface area contributed by atoms with Gasteiger partial charge in [-0.25, -0.2) is 9.78 Å². The van der Waals surface area contributed by atoms with E-state index in [0.717, 1.165) is 25.7 Å². The fourth-order valence-electron chi connectivity index (χ4n) is 6.13. The molecule has 4 aliphatic heterocycles. The van der Waals surface area contributed by atoms with Gasteiger partial charge in [0, 0.05) is 24.7 Å². The number of aromatic hydroxyl groups is 2. The molecular weight excluding hydrogens is 416 g/mol. The summed E-state index contributed by atoms with van der Waals surface area (Å²) in [6.45, 7) is 7.17. The molecule has 1 aromatic carbocycles. The van der Waals surface area contributed by atoms with Crippen LogP contribution in [0.5, 0.6) is 17.2 Å². The standard InChI is InChI=1S/C24H34O8/c1-14-8-9-17-15(2)21(28-13-5-12-27-19-7-4-6-18(25)20(19)26)29-22-24(17)16(14)10-11-23(3,30-22)31-32-24/h4,6-7,14-17,21-22,25-26H,5,8-13H2,1-3H3/t14-,15-,16+,17+,21+,22-,23+,24-/m1/s1. The Bertz CT molecular complexity index is 832. The molecule has 8 nitrogen and oxygen atoms in total. The molecule has 1 aliphatic carbocycles. The third kappa shape index (κ3) is 3.56. The highest BCUT2D eigenvalue weighted by Crippen LogP contribution is 2.60. The second kappa shape index (κ2) is 8.33. The first kappa shape index (κ1) is 22.2. The van der Waals surface area contributed by atoms with Crippen molar-refractivity contribution in [3.8, 4) is 17.2 Å². The molecule has 8 heteroatoms. The first-order valence-corrected chi connectivity index (χ1v) is 11.8. The van der Waals surface area contributed by atoms with E-state index in [4.69, 9.17) is 28.7 Å². The predicted molar refractivity (Wildman–Crippen MR) is 113 cm³/mol. The molecule has 32 heavy (non-hydrogen) atoms. The Morgan fingerprint density at radius 3 is 2.75 bits per heavy atom. The summed E-state index contributed by atoms with van der Waals surface area (Å²) in [5, 5.41) is 19.4. The number of phenolic OH excluding ortho intramolecular Hbond substituents is 2. The number of hydrogen-bond donors (Lipinski definition) is 2. The zero-order chi connectivity index (χ0) is 22.5. The van der Waals surface area contributed by atoms with Crippen LogP contribution in [-0.4, -0.2) is 47.4 Å². The van der Waals surface area contributed by atoms with Crippen molar-refractivity contribution >= 4 is 0 Å². The van der Waals surface area contributed by atoms with Crippen molar-refractivity contribution in [3.63, 3.8) is 0 Å². The number of fused-ring (bicyclic) bond motifs is 2. The van der Waals surface area contributed by atoms with Crippen LogP contribution in [0.3, 0.4) is 0 Å². The number of hydrogen-bond acceptors (Lipinski definition) is 8. The van der Waals surface area contributed by atoms with E-state index in [1.54, 1.807) is 12.1 Å². The Balaban J connectivity index is 1.22. The zero-order valence-corrected chi connectivity index (χ0v) is 19.0. The monoisotopic (exact) mass is 450 g/mol. The summed E-state index contributed by atoms with van der Waals surface area (Å²) in [7, 11) is 0. The maximum absolute atomic E-state index is 9.84. The van der Waals surface area contributed by atoms with Crippen molar-refractivity contribution in [1.82, 2.24) is 0 Å². The molecule has 2 bridgehead atoms. The SMILES string of the molecule is C[C@H]1[C@@H](OCCCOc2cccc(O)c2O)O[C@@H]2O[C@]3(C)CC[C@H]4[C@H](C)CC[C@@H]1[C@@]24OO3. The lowest BCUT2D eigenvalue weighted by Crippen LogP contribution is -2.70. The Kier molecular flexibility index (Phi) is 5.78. The van der Waals surface area contributed by atoms with Crippen molar-refractivity contribution in [2.75, 3.05) is 13.2 Å². The van der Waals surface area contributed by atoms with Gasteiger partial charge < -0.3 is 29.2 Å². The Morgan fingerprint density at radius 2 is 1.91 bits per heavy atom. The highest BCUT2D eigenvalue weighted by Gasteiger charge is 2.69. The second-order valence-electron chi connectivity index (χ2n) is 9.97. The van der Waals surface area contributed by atoms with Gasteiger partial charge in [0.25, 0.3) is 0 Å².